The summed E-state index contributed by atoms with van der Waals surface area (Å²) in [6.45, 7) is 2.44. The van der Waals surface area contributed by atoms with Crippen molar-refractivity contribution in [2.45, 2.75) is 13.5 Å². The second-order valence-electron chi connectivity index (χ2n) is 4.13. The molecule has 0 unspecified atom stereocenters. The van der Waals surface area contributed by atoms with E-state index < -0.39 is 0 Å². The molecule has 1 aromatic carbocycles. The molecule has 1 heterocycles. The van der Waals surface area contributed by atoms with Gasteiger partial charge < -0.3 is 5.32 Å². The molecular weight excluding hydrogens is 238 g/mol. The summed E-state index contributed by atoms with van der Waals surface area (Å²) in [5.41, 5.74) is 2.69. The topological polar surface area (TPSA) is 65.8 Å². The summed E-state index contributed by atoms with van der Waals surface area (Å²) < 4.78 is 0. The predicted octanol–water partition coefficient (Wildman–Crippen LogP) is 2.19. The zero-order valence-corrected chi connectivity index (χ0v) is 10.6. The van der Waals surface area contributed by atoms with E-state index in [1.165, 1.54) is 0 Å². The predicted molar refractivity (Wildman–Crippen MR) is 71.3 cm³/mol. The molecule has 0 radical (unpaired) electrons. The fourth-order valence-electron chi connectivity index (χ4n) is 1.70. The molecule has 0 spiro atoms. The first-order chi connectivity index (χ1) is 9.20. The Morgan fingerprint density at radius 1 is 1.26 bits per heavy atom. The van der Waals surface area contributed by atoms with Crippen LogP contribution >= 0.6 is 0 Å². The van der Waals surface area contributed by atoms with Gasteiger partial charge in [-0.15, -0.1) is 0 Å². The number of nitrogens with zero attached hydrogens (tertiary/aromatic N) is 2. The lowest BCUT2D eigenvalue weighted by atomic mass is 10.1. The number of carbonyl (C=O) groups excluding carboxylic acids is 1. The summed E-state index contributed by atoms with van der Waals surface area (Å²) >= 11 is 0. The molecule has 94 valence electrons. The van der Waals surface area contributed by atoms with Crippen LogP contribution in [-0.4, -0.2) is 10.9 Å². The van der Waals surface area contributed by atoms with Gasteiger partial charge in [0, 0.05) is 6.54 Å². The molecule has 0 saturated heterocycles. The third-order valence-electron chi connectivity index (χ3n) is 2.80. The number of aryl methyl sites for hydroxylation is 1. The molecule has 1 aromatic heterocycles. The second kappa shape index (κ2) is 5.78. The molecular formula is C15H13N3O. The summed E-state index contributed by atoms with van der Waals surface area (Å²) in [7, 11) is 0. The van der Waals surface area contributed by atoms with Gasteiger partial charge in [-0.05, 0) is 30.2 Å². The Hall–Kier alpha value is -2.67. The first-order valence-corrected chi connectivity index (χ1v) is 5.90. The third kappa shape index (κ3) is 3.17. The molecule has 0 atom stereocenters. The number of nitrogens with one attached hydrogen (secondary N) is 1. The number of rotatable bonds is 3. The van der Waals surface area contributed by atoms with Crippen molar-refractivity contribution >= 4 is 5.91 Å². The zero-order chi connectivity index (χ0) is 13.7. The van der Waals surface area contributed by atoms with Crippen LogP contribution in [0.15, 0.2) is 42.5 Å². The first-order valence-electron chi connectivity index (χ1n) is 5.90. The molecule has 0 aliphatic heterocycles. The van der Waals surface area contributed by atoms with Crippen molar-refractivity contribution in [1.29, 1.82) is 5.26 Å². The highest BCUT2D eigenvalue weighted by Crippen LogP contribution is 2.06. The van der Waals surface area contributed by atoms with Gasteiger partial charge in [-0.25, -0.2) is 4.98 Å². The summed E-state index contributed by atoms with van der Waals surface area (Å²) in [5, 5.41) is 11.5. The maximum atomic E-state index is 11.9. The van der Waals surface area contributed by atoms with Gasteiger partial charge in [0.15, 0.2) is 0 Å². The molecule has 0 aliphatic carbocycles. The minimum atomic E-state index is -0.277. The maximum Gasteiger partial charge on any atom is 0.270 e. The number of hydrogen-bond donors (Lipinski definition) is 1. The molecule has 0 fully saturated rings. The van der Waals surface area contributed by atoms with Crippen molar-refractivity contribution in [3.63, 3.8) is 0 Å². The average molecular weight is 251 g/mol. The minimum Gasteiger partial charge on any atom is -0.347 e. The van der Waals surface area contributed by atoms with Crippen molar-refractivity contribution in [2.24, 2.45) is 0 Å². The molecule has 0 bridgehead atoms. The van der Waals surface area contributed by atoms with E-state index in [2.05, 4.69) is 10.3 Å². The molecule has 0 saturated carbocycles. The number of pyridine rings is 1. The lowest BCUT2D eigenvalue weighted by Gasteiger charge is -2.07. The van der Waals surface area contributed by atoms with Crippen LogP contribution in [0.5, 0.6) is 0 Å². The van der Waals surface area contributed by atoms with Crippen molar-refractivity contribution < 1.29 is 4.79 Å². The van der Waals surface area contributed by atoms with Gasteiger partial charge >= 0.3 is 0 Å². The second-order valence-corrected chi connectivity index (χ2v) is 4.13. The lowest BCUT2D eigenvalue weighted by molar-refractivity contribution is 0.0946. The lowest BCUT2D eigenvalue weighted by Crippen LogP contribution is -2.24. The Morgan fingerprint density at radius 3 is 2.79 bits per heavy atom. The first kappa shape index (κ1) is 12.8. The van der Waals surface area contributed by atoms with Gasteiger partial charge in [0.1, 0.15) is 17.5 Å². The number of hydrogen-bond acceptors (Lipinski definition) is 3. The number of aromatic nitrogens is 1. The molecule has 2 aromatic rings. The van der Waals surface area contributed by atoms with E-state index in [1.807, 2.05) is 37.3 Å². The quantitative estimate of drug-likeness (QED) is 0.909. The molecule has 0 aliphatic rings. The molecule has 2 rings (SSSR count). The van der Waals surface area contributed by atoms with E-state index in [0.717, 1.165) is 11.1 Å². The number of amides is 1. The summed E-state index contributed by atoms with van der Waals surface area (Å²) in [6.07, 6.45) is 0. The van der Waals surface area contributed by atoms with E-state index in [0.29, 0.717) is 6.54 Å². The molecule has 19 heavy (non-hydrogen) atoms. The standard InChI is InChI=1S/C15H13N3O/c1-11-5-2-3-6-12(11)10-17-15(19)14-8-4-7-13(9-16)18-14/h2-8H,10H2,1H3,(H,17,19). The molecule has 1 amide bonds. The largest absolute Gasteiger partial charge is 0.347 e. The van der Waals surface area contributed by atoms with Crippen LogP contribution in [0.1, 0.15) is 27.3 Å². The smallest absolute Gasteiger partial charge is 0.270 e. The SMILES string of the molecule is Cc1ccccc1CNC(=O)c1cccc(C#N)n1. The average Bonchev–Trinajstić information content (AvgIpc) is 2.46. The van der Waals surface area contributed by atoms with Crippen molar-refractivity contribution in [3.05, 3.63) is 65.0 Å². The van der Waals surface area contributed by atoms with Gasteiger partial charge in [-0.1, -0.05) is 30.3 Å². The van der Waals surface area contributed by atoms with Crippen LogP contribution in [0.4, 0.5) is 0 Å². The van der Waals surface area contributed by atoms with Gasteiger partial charge in [0.05, 0.1) is 0 Å². The van der Waals surface area contributed by atoms with Gasteiger partial charge in [-0.2, -0.15) is 5.26 Å². The fourth-order valence-corrected chi connectivity index (χ4v) is 1.70. The van der Waals surface area contributed by atoms with Gasteiger partial charge in [0.2, 0.25) is 0 Å². The van der Waals surface area contributed by atoms with E-state index in [9.17, 15) is 4.79 Å². The van der Waals surface area contributed by atoms with Crippen LogP contribution in [0.2, 0.25) is 0 Å². The minimum absolute atomic E-state index is 0.239. The van der Waals surface area contributed by atoms with Crippen LogP contribution in [0.25, 0.3) is 0 Å². The molecule has 4 nitrogen and oxygen atoms in total. The van der Waals surface area contributed by atoms with E-state index >= 15 is 0 Å². The van der Waals surface area contributed by atoms with Crippen molar-refractivity contribution in [2.75, 3.05) is 0 Å². The van der Waals surface area contributed by atoms with Crippen molar-refractivity contribution in [3.8, 4) is 6.07 Å². The number of carbonyl (C=O) groups is 1. The van der Waals surface area contributed by atoms with Crippen LogP contribution < -0.4 is 5.32 Å². The monoisotopic (exact) mass is 251 g/mol. The maximum absolute atomic E-state index is 11.9. The van der Waals surface area contributed by atoms with Gasteiger partial charge in [0.25, 0.3) is 5.91 Å². The summed E-state index contributed by atoms with van der Waals surface area (Å²) in [4.78, 5) is 15.9. The van der Waals surface area contributed by atoms with E-state index in [1.54, 1.807) is 18.2 Å². The number of nitriles is 1. The van der Waals surface area contributed by atoms with E-state index in [-0.39, 0.29) is 17.3 Å². The number of benzene rings is 1. The summed E-state index contributed by atoms with van der Waals surface area (Å²) in [5.74, 6) is -0.277. The fraction of sp³-hybridized carbons (Fsp3) is 0.133. The Kier molecular flexibility index (Phi) is 3.89. The normalized spacial score (nSPS) is 9.68. The zero-order valence-electron chi connectivity index (χ0n) is 10.6. The Balaban J connectivity index is 2.06. The van der Waals surface area contributed by atoms with E-state index in [4.69, 9.17) is 5.26 Å². The Labute approximate surface area is 111 Å². The highest BCUT2D eigenvalue weighted by Gasteiger charge is 2.08. The highest BCUT2D eigenvalue weighted by atomic mass is 16.1. The summed E-state index contributed by atoms with van der Waals surface area (Å²) in [6, 6.07) is 14.6. The van der Waals surface area contributed by atoms with Crippen LogP contribution in [0.3, 0.4) is 0 Å². The van der Waals surface area contributed by atoms with Crippen molar-refractivity contribution in [1.82, 2.24) is 10.3 Å². The Morgan fingerprint density at radius 2 is 2.05 bits per heavy atom. The van der Waals surface area contributed by atoms with Crippen LogP contribution in [-0.2, 0) is 6.54 Å². The Bertz CT molecular complexity index is 644. The van der Waals surface area contributed by atoms with Gasteiger partial charge in [-0.3, -0.25) is 4.79 Å². The molecule has 4 heteroatoms. The molecule has 1 N–H and O–H groups in total. The third-order valence-corrected chi connectivity index (χ3v) is 2.80. The van der Waals surface area contributed by atoms with Crippen LogP contribution in [0, 0.1) is 18.3 Å². The highest BCUT2D eigenvalue weighted by molar-refractivity contribution is 5.92.